The SMILES string of the molecule is O=Cc1cc2c(Cl)nccc2[nH]1. The number of pyridine rings is 1. The molecule has 0 unspecified atom stereocenters. The molecule has 0 aromatic carbocycles. The molecular weight excluding hydrogens is 176 g/mol. The van der Waals surface area contributed by atoms with E-state index in [1.165, 1.54) is 0 Å². The van der Waals surface area contributed by atoms with Gasteiger partial charge in [-0.3, -0.25) is 4.79 Å². The van der Waals surface area contributed by atoms with Gasteiger partial charge in [0.2, 0.25) is 0 Å². The Morgan fingerprint density at radius 2 is 2.42 bits per heavy atom. The highest BCUT2D eigenvalue weighted by Crippen LogP contribution is 2.20. The second kappa shape index (κ2) is 2.60. The summed E-state index contributed by atoms with van der Waals surface area (Å²) in [6.07, 6.45) is 2.34. The van der Waals surface area contributed by atoms with Crippen molar-refractivity contribution in [1.82, 2.24) is 9.97 Å². The number of hydrogen-bond donors (Lipinski definition) is 1. The zero-order chi connectivity index (χ0) is 8.55. The number of aromatic nitrogens is 2. The topological polar surface area (TPSA) is 45.8 Å². The molecule has 0 saturated heterocycles. The summed E-state index contributed by atoms with van der Waals surface area (Å²) >= 11 is 5.78. The van der Waals surface area contributed by atoms with Crippen LogP contribution >= 0.6 is 11.6 Å². The number of nitrogens with one attached hydrogen (secondary N) is 1. The van der Waals surface area contributed by atoms with Gasteiger partial charge in [-0.2, -0.15) is 0 Å². The Kier molecular flexibility index (Phi) is 1.59. The Labute approximate surface area is 73.4 Å². The molecule has 0 aliphatic carbocycles. The van der Waals surface area contributed by atoms with E-state index in [-0.39, 0.29) is 0 Å². The van der Waals surface area contributed by atoms with Crippen LogP contribution < -0.4 is 0 Å². The molecule has 0 spiro atoms. The van der Waals surface area contributed by atoms with Crippen molar-refractivity contribution in [2.45, 2.75) is 0 Å². The fraction of sp³-hybridized carbons (Fsp3) is 0. The van der Waals surface area contributed by atoms with E-state index in [4.69, 9.17) is 11.6 Å². The molecule has 0 saturated carbocycles. The minimum atomic E-state index is 0.414. The lowest BCUT2D eigenvalue weighted by atomic mass is 10.3. The van der Waals surface area contributed by atoms with Gasteiger partial charge in [0.25, 0.3) is 0 Å². The summed E-state index contributed by atoms with van der Waals surface area (Å²) in [7, 11) is 0. The van der Waals surface area contributed by atoms with E-state index in [0.29, 0.717) is 10.8 Å². The summed E-state index contributed by atoms with van der Waals surface area (Å²) in [5, 5.41) is 1.19. The predicted molar refractivity (Wildman–Crippen MR) is 46.5 cm³/mol. The number of halogens is 1. The van der Waals surface area contributed by atoms with Crippen molar-refractivity contribution in [2.24, 2.45) is 0 Å². The molecule has 2 rings (SSSR count). The van der Waals surface area contributed by atoms with Crippen molar-refractivity contribution in [1.29, 1.82) is 0 Å². The number of aromatic amines is 1. The molecule has 0 amide bonds. The first kappa shape index (κ1) is 7.31. The third-order valence-corrected chi connectivity index (χ3v) is 1.95. The van der Waals surface area contributed by atoms with E-state index in [1.54, 1.807) is 18.3 Å². The number of H-pyrrole nitrogens is 1. The Morgan fingerprint density at radius 1 is 1.58 bits per heavy atom. The third-order valence-electron chi connectivity index (χ3n) is 1.65. The Balaban J connectivity index is 2.82. The van der Waals surface area contributed by atoms with Crippen LogP contribution in [0.5, 0.6) is 0 Å². The summed E-state index contributed by atoms with van der Waals surface area (Å²) in [6.45, 7) is 0. The van der Waals surface area contributed by atoms with Gasteiger partial charge in [-0.15, -0.1) is 0 Å². The van der Waals surface area contributed by atoms with Crippen molar-refractivity contribution >= 4 is 28.8 Å². The van der Waals surface area contributed by atoms with Crippen molar-refractivity contribution in [2.75, 3.05) is 0 Å². The monoisotopic (exact) mass is 180 g/mol. The average molecular weight is 181 g/mol. The fourth-order valence-corrected chi connectivity index (χ4v) is 1.32. The number of carbonyl (C=O) groups excluding carboxylic acids is 1. The molecule has 0 aliphatic rings. The summed E-state index contributed by atoms with van der Waals surface area (Å²) in [4.78, 5) is 17.2. The largest absolute Gasteiger partial charge is 0.352 e. The van der Waals surface area contributed by atoms with Crippen LogP contribution in [0.25, 0.3) is 10.9 Å². The Morgan fingerprint density at radius 3 is 3.08 bits per heavy atom. The number of carbonyl (C=O) groups is 1. The number of nitrogens with zero attached hydrogens (tertiary/aromatic N) is 1. The molecule has 0 atom stereocenters. The van der Waals surface area contributed by atoms with E-state index in [2.05, 4.69) is 9.97 Å². The molecule has 0 radical (unpaired) electrons. The van der Waals surface area contributed by atoms with Crippen LogP contribution in [0, 0.1) is 0 Å². The smallest absolute Gasteiger partial charge is 0.166 e. The third kappa shape index (κ3) is 0.987. The molecule has 0 bridgehead atoms. The van der Waals surface area contributed by atoms with Gasteiger partial charge in [0.05, 0.1) is 11.2 Å². The maximum atomic E-state index is 10.4. The van der Waals surface area contributed by atoms with Gasteiger partial charge in [0, 0.05) is 11.6 Å². The molecule has 3 nitrogen and oxygen atoms in total. The van der Waals surface area contributed by atoms with Gasteiger partial charge in [-0.1, -0.05) is 11.6 Å². The van der Waals surface area contributed by atoms with Gasteiger partial charge in [0.15, 0.2) is 6.29 Å². The quantitative estimate of drug-likeness (QED) is 0.539. The summed E-state index contributed by atoms with van der Waals surface area (Å²) in [5.74, 6) is 0. The number of aldehydes is 1. The van der Waals surface area contributed by atoms with Crippen LogP contribution in [0.15, 0.2) is 18.3 Å². The van der Waals surface area contributed by atoms with Crippen LogP contribution in [0.2, 0.25) is 5.15 Å². The molecule has 2 aromatic heterocycles. The van der Waals surface area contributed by atoms with E-state index < -0.39 is 0 Å². The number of rotatable bonds is 1. The number of hydrogen-bond acceptors (Lipinski definition) is 2. The van der Waals surface area contributed by atoms with Gasteiger partial charge >= 0.3 is 0 Å². The average Bonchev–Trinajstić information content (AvgIpc) is 2.49. The molecule has 12 heavy (non-hydrogen) atoms. The normalized spacial score (nSPS) is 10.4. The van der Waals surface area contributed by atoms with Crippen LogP contribution in [0.1, 0.15) is 10.5 Å². The van der Waals surface area contributed by atoms with E-state index in [1.807, 2.05) is 0 Å². The summed E-state index contributed by atoms with van der Waals surface area (Å²) < 4.78 is 0. The predicted octanol–water partition coefficient (Wildman–Crippen LogP) is 2.03. The summed E-state index contributed by atoms with van der Waals surface area (Å²) in [6, 6.07) is 3.45. The molecule has 0 aliphatic heterocycles. The summed E-state index contributed by atoms with van der Waals surface area (Å²) in [5.41, 5.74) is 1.34. The Bertz CT molecular complexity index is 436. The first-order valence-electron chi connectivity index (χ1n) is 3.39. The molecule has 0 fully saturated rings. The van der Waals surface area contributed by atoms with E-state index in [9.17, 15) is 4.79 Å². The van der Waals surface area contributed by atoms with Gasteiger partial charge in [-0.05, 0) is 12.1 Å². The van der Waals surface area contributed by atoms with Crippen molar-refractivity contribution in [3.05, 3.63) is 29.2 Å². The Hall–Kier alpha value is -1.35. The van der Waals surface area contributed by atoms with E-state index in [0.717, 1.165) is 17.2 Å². The lowest BCUT2D eigenvalue weighted by Gasteiger charge is -1.89. The lowest BCUT2D eigenvalue weighted by Crippen LogP contribution is -1.75. The fourth-order valence-electron chi connectivity index (χ4n) is 1.10. The van der Waals surface area contributed by atoms with Crippen LogP contribution in [0.3, 0.4) is 0 Å². The highest BCUT2D eigenvalue weighted by Gasteiger charge is 2.02. The lowest BCUT2D eigenvalue weighted by molar-refractivity contribution is 0.112. The highest BCUT2D eigenvalue weighted by atomic mass is 35.5. The van der Waals surface area contributed by atoms with Crippen molar-refractivity contribution < 1.29 is 4.79 Å². The maximum Gasteiger partial charge on any atom is 0.166 e. The van der Waals surface area contributed by atoms with Gasteiger partial charge in [-0.25, -0.2) is 4.98 Å². The number of fused-ring (bicyclic) bond motifs is 1. The minimum Gasteiger partial charge on any atom is -0.352 e. The highest BCUT2D eigenvalue weighted by molar-refractivity contribution is 6.34. The van der Waals surface area contributed by atoms with Gasteiger partial charge in [0.1, 0.15) is 5.15 Å². The molecule has 4 heteroatoms. The van der Waals surface area contributed by atoms with Crippen molar-refractivity contribution in [3.8, 4) is 0 Å². The first-order valence-corrected chi connectivity index (χ1v) is 3.77. The second-order valence-electron chi connectivity index (χ2n) is 2.41. The zero-order valence-corrected chi connectivity index (χ0v) is 6.80. The van der Waals surface area contributed by atoms with Gasteiger partial charge < -0.3 is 4.98 Å². The maximum absolute atomic E-state index is 10.4. The van der Waals surface area contributed by atoms with Crippen LogP contribution in [-0.4, -0.2) is 16.3 Å². The molecule has 2 heterocycles. The standard InChI is InChI=1S/C8H5ClN2O/c9-8-6-3-5(4-12)11-7(6)1-2-10-8/h1-4,11H. The second-order valence-corrected chi connectivity index (χ2v) is 2.76. The molecular formula is C8H5ClN2O. The van der Waals surface area contributed by atoms with E-state index >= 15 is 0 Å². The molecule has 1 N–H and O–H groups in total. The zero-order valence-electron chi connectivity index (χ0n) is 6.04. The molecule has 2 aromatic rings. The first-order chi connectivity index (χ1) is 5.81. The minimum absolute atomic E-state index is 0.414. The van der Waals surface area contributed by atoms with Crippen LogP contribution in [-0.2, 0) is 0 Å². The van der Waals surface area contributed by atoms with Crippen molar-refractivity contribution in [3.63, 3.8) is 0 Å². The van der Waals surface area contributed by atoms with Crippen LogP contribution in [0.4, 0.5) is 0 Å². The molecule has 60 valence electrons.